The normalized spacial score (nSPS) is 10.9. The Morgan fingerprint density at radius 1 is 1.18 bits per heavy atom. The summed E-state index contributed by atoms with van der Waals surface area (Å²) < 4.78 is 5.76. The Hall–Kier alpha value is -1.02. The number of aryl methyl sites for hydroxylation is 2. The SMILES string of the molecule is Cc1ccc(C)c(OCCNCCC(C)C)c1. The van der Waals surface area contributed by atoms with Crippen molar-refractivity contribution in [2.45, 2.75) is 34.1 Å². The van der Waals surface area contributed by atoms with Crippen molar-refractivity contribution in [2.24, 2.45) is 5.92 Å². The van der Waals surface area contributed by atoms with Crippen LogP contribution in [0.5, 0.6) is 5.75 Å². The average Bonchev–Trinajstić information content (AvgIpc) is 2.27. The highest BCUT2D eigenvalue weighted by Gasteiger charge is 1.99. The van der Waals surface area contributed by atoms with Crippen molar-refractivity contribution in [1.82, 2.24) is 5.32 Å². The first-order chi connectivity index (χ1) is 8.09. The quantitative estimate of drug-likeness (QED) is 0.732. The van der Waals surface area contributed by atoms with Crippen LogP contribution in [0.4, 0.5) is 0 Å². The van der Waals surface area contributed by atoms with E-state index in [-0.39, 0.29) is 0 Å². The van der Waals surface area contributed by atoms with Gasteiger partial charge in [-0.2, -0.15) is 0 Å². The highest BCUT2D eigenvalue weighted by Crippen LogP contribution is 2.18. The second-order valence-electron chi connectivity index (χ2n) is 5.05. The average molecular weight is 235 g/mol. The highest BCUT2D eigenvalue weighted by molar-refractivity contribution is 5.35. The van der Waals surface area contributed by atoms with Crippen LogP contribution in [0, 0.1) is 19.8 Å². The largest absolute Gasteiger partial charge is 0.492 e. The Balaban J connectivity index is 2.20. The zero-order chi connectivity index (χ0) is 12.7. The molecule has 0 saturated carbocycles. The third-order valence-electron chi connectivity index (χ3n) is 2.78. The first kappa shape index (κ1) is 14.0. The van der Waals surface area contributed by atoms with Crippen LogP contribution in [0.2, 0.25) is 0 Å². The predicted molar refractivity (Wildman–Crippen MR) is 73.7 cm³/mol. The van der Waals surface area contributed by atoms with Gasteiger partial charge in [0.15, 0.2) is 0 Å². The summed E-state index contributed by atoms with van der Waals surface area (Å²) >= 11 is 0. The lowest BCUT2D eigenvalue weighted by atomic mass is 10.1. The molecule has 0 fully saturated rings. The number of hydrogen-bond acceptors (Lipinski definition) is 2. The second kappa shape index (κ2) is 7.33. The monoisotopic (exact) mass is 235 g/mol. The maximum atomic E-state index is 5.76. The molecule has 96 valence electrons. The maximum Gasteiger partial charge on any atom is 0.122 e. The van der Waals surface area contributed by atoms with Gasteiger partial charge < -0.3 is 10.1 Å². The zero-order valence-corrected chi connectivity index (χ0v) is 11.5. The van der Waals surface area contributed by atoms with Gasteiger partial charge in [-0.05, 0) is 49.9 Å². The molecule has 0 radical (unpaired) electrons. The molecule has 1 aromatic rings. The number of nitrogens with one attached hydrogen (secondary N) is 1. The summed E-state index contributed by atoms with van der Waals surface area (Å²) in [5, 5.41) is 3.40. The fourth-order valence-corrected chi connectivity index (χ4v) is 1.61. The van der Waals surface area contributed by atoms with E-state index in [1.807, 2.05) is 0 Å². The van der Waals surface area contributed by atoms with Crippen LogP contribution in [0.25, 0.3) is 0 Å². The first-order valence-corrected chi connectivity index (χ1v) is 6.50. The minimum atomic E-state index is 0.738. The summed E-state index contributed by atoms with van der Waals surface area (Å²) in [6, 6.07) is 6.32. The summed E-state index contributed by atoms with van der Waals surface area (Å²) in [7, 11) is 0. The van der Waals surface area contributed by atoms with Crippen molar-refractivity contribution in [3.05, 3.63) is 29.3 Å². The van der Waals surface area contributed by atoms with Gasteiger partial charge in [0.2, 0.25) is 0 Å². The molecule has 0 amide bonds. The smallest absolute Gasteiger partial charge is 0.122 e. The highest BCUT2D eigenvalue weighted by atomic mass is 16.5. The fraction of sp³-hybridized carbons (Fsp3) is 0.600. The molecule has 0 spiro atoms. The Kier molecular flexibility index (Phi) is 6.06. The van der Waals surface area contributed by atoms with Gasteiger partial charge in [-0.1, -0.05) is 26.0 Å². The van der Waals surface area contributed by atoms with Crippen LogP contribution in [0.15, 0.2) is 18.2 Å². The van der Waals surface area contributed by atoms with Gasteiger partial charge in [0.25, 0.3) is 0 Å². The first-order valence-electron chi connectivity index (χ1n) is 6.50. The van der Waals surface area contributed by atoms with Gasteiger partial charge in [0, 0.05) is 6.54 Å². The summed E-state index contributed by atoms with van der Waals surface area (Å²) in [6.45, 7) is 11.4. The second-order valence-corrected chi connectivity index (χ2v) is 5.05. The maximum absolute atomic E-state index is 5.76. The van der Waals surface area contributed by atoms with Crippen molar-refractivity contribution < 1.29 is 4.74 Å². The van der Waals surface area contributed by atoms with Gasteiger partial charge in [0.1, 0.15) is 12.4 Å². The van der Waals surface area contributed by atoms with Crippen LogP contribution in [0.3, 0.4) is 0 Å². The Bertz CT molecular complexity index is 334. The number of hydrogen-bond donors (Lipinski definition) is 1. The van der Waals surface area contributed by atoms with Crippen molar-refractivity contribution in [1.29, 1.82) is 0 Å². The van der Waals surface area contributed by atoms with Crippen LogP contribution in [-0.2, 0) is 0 Å². The topological polar surface area (TPSA) is 21.3 Å². The van der Waals surface area contributed by atoms with Gasteiger partial charge in [-0.25, -0.2) is 0 Å². The minimum absolute atomic E-state index is 0.738. The van der Waals surface area contributed by atoms with Crippen LogP contribution in [-0.4, -0.2) is 19.7 Å². The lowest BCUT2D eigenvalue weighted by Crippen LogP contribution is -2.23. The van der Waals surface area contributed by atoms with Crippen molar-refractivity contribution in [3.63, 3.8) is 0 Å². The molecular formula is C15H25NO. The fourth-order valence-electron chi connectivity index (χ4n) is 1.61. The van der Waals surface area contributed by atoms with Crippen molar-refractivity contribution >= 4 is 0 Å². The van der Waals surface area contributed by atoms with E-state index < -0.39 is 0 Å². The third-order valence-corrected chi connectivity index (χ3v) is 2.78. The number of rotatable bonds is 7. The lowest BCUT2D eigenvalue weighted by Gasteiger charge is -2.11. The molecule has 0 heterocycles. The zero-order valence-electron chi connectivity index (χ0n) is 11.5. The van der Waals surface area contributed by atoms with Crippen LogP contribution in [0.1, 0.15) is 31.4 Å². The molecule has 1 aromatic carbocycles. The summed E-state index contributed by atoms with van der Waals surface area (Å²) in [6.07, 6.45) is 1.23. The molecule has 0 unspecified atom stereocenters. The summed E-state index contributed by atoms with van der Waals surface area (Å²) in [5.41, 5.74) is 2.45. The molecule has 0 aliphatic carbocycles. The van der Waals surface area contributed by atoms with E-state index in [1.54, 1.807) is 0 Å². The van der Waals surface area contributed by atoms with E-state index in [2.05, 4.69) is 51.2 Å². The van der Waals surface area contributed by atoms with Gasteiger partial charge in [0.05, 0.1) is 0 Å². The molecule has 17 heavy (non-hydrogen) atoms. The Labute approximate surface area is 105 Å². The minimum Gasteiger partial charge on any atom is -0.492 e. The molecule has 2 nitrogen and oxygen atoms in total. The van der Waals surface area contributed by atoms with E-state index in [9.17, 15) is 0 Å². The van der Waals surface area contributed by atoms with E-state index >= 15 is 0 Å². The standard InChI is InChI=1S/C15H25NO/c1-12(2)7-8-16-9-10-17-15-11-13(3)5-6-14(15)4/h5-6,11-12,16H,7-10H2,1-4H3. The van der Waals surface area contributed by atoms with Crippen molar-refractivity contribution in [2.75, 3.05) is 19.7 Å². The third kappa shape index (κ3) is 5.73. The van der Waals surface area contributed by atoms with E-state index in [0.717, 1.165) is 31.4 Å². The van der Waals surface area contributed by atoms with Crippen LogP contribution < -0.4 is 10.1 Å². The molecule has 0 aliphatic heterocycles. The molecule has 0 bridgehead atoms. The van der Waals surface area contributed by atoms with E-state index in [4.69, 9.17) is 4.74 Å². The Morgan fingerprint density at radius 2 is 1.94 bits per heavy atom. The van der Waals surface area contributed by atoms with E-state index in [1.165, 1.54) is 17.5 Å². The molecule has 1 N–H and O–H groups in total. The molecule has 2 heteroatoms. The molecule has 0 atom stereocenters. The van der Waals surface area contributed by atoms with Crippen LogP contribution >= 0.6 is 0 Å². The number of benzene rings is 1. The van der Waals surface area contributed by atoms with Gasteiger partial charge in [-0.15, -0.1) is 0 Å². The molecule has 0 aromatic heterocycles. The lowest BCUT2D eigenvalue weighted by molar-refractivity contribution is 0.310. The molecular weight excluding hydrogens is 210 g/mol. The van der Waals surface area contributed by atoms with Crippen molar-refractivity contribution in [3.8, 4) is 5.75 Å². The summed E-state index contributed by atoms with van der Waals surface area (Å²) in [4.78, 5) is 0. The van der Waals surface area contributed by atoms with Gasteiger partial charge >= 0.3 is 0 Å². The Morgan fingerprint density at radius 3 is 2.65 bits per heavy atom. The van der Waals surface area contributed by atoms with E-state index in [0.29, 0.717) is 0 Å². The molecule has 0 saturated heterocycles. The number of ether oxygens (including phenoxy) is 1. The van der Waals surface area contributed by atoms with Gasteiger partial charge in [-0.3, -0.25) is 0 Å². The molecule has 1 rings (SSSR count). The molecule has 0 aliphatic rings. The predicted octanol–water partition coefficient (Wildman–Crippen LogP) is 3.32. The summed E-state index contributed by atoms with van der Waals surface area (Å²) in [5.74, 6) is 1.78.